The van der Waals surface area contributed by atoms with E-state index in [1.54, 1.807) is 19.1 Å². The molecule has 0 saturated heterocycles. The average Bonchev–Trinajstić information content (AvgIpc) is 2.37. The van der Waals surface area contributed by atoms with Crippen LogP contribution in [0, 0.1) is 5.92 Å². The summed E-state index contributed by atoms with van der Waals surface area (Å²) in [6, 6.07) is 4.71. The molecule has 2 unspecified atom stereocenters. The normalized spacial score (nSPS) is 15.7. The third-order valence-corrected chi connectivity index (χ3v) is 4.02. The van der Waals surface area contributed by atoms with Crippen LogP contribution in [0.1, 0.15) is 37.6 Å². The molecule has 5 heteroatoms. The lowest BCUT2D eigenvalue weighted by molar-refractivity contribution is 0.00593. The number of hydrogen-bond donors (Lipinski definition) is 2. The molecule has 0 saturated carbocycles. The fourth-order valence-corrected chi connectivity index (χ4v) is 2.02. The van der Waals surface area contributed by atoms with Crippen molar-refractivity contribution in [2.24, 2.45) is 5.92 Å². The van der Waals surface area contributed by atoms with Crippen LogP contribution >= 0.6 is 23.2 Å². The SMILES string of the molecule is CCC(C)C(C)(O)CNC(=O)c1cc(Cl)ccc1Cl. The van der Waals surface area contributed by atoms with Crippen molar-refractivity contribution < 1.29 is 9.90 Å². The van der Waals surface area contributed by atoms with Gasteiger partial charge in [-0.3, -0.25) is 4.79 Å². The van der Waals surface area contributed by atoms with Gasteiger partial charge in [-0.25, -0.2) is 0 Å². The maximum absolute atomic E-state index is 12.0. The molecule has 0 aliphatic carbocycles. The quantitative estimate of drug-likeness (QED) is 0.874. The number of hydrogen-bond acceptors (Lipinski definition) is 2. The first-order valence-corrected chi connectivity index (χ1v) is 6.99. The van der Waals surface area contributed by atoms with Gasteiger partial charge in [0.2, 0.25) is 0 Å². The molecular weight excluding hydrogens is 285 g/mol. The van der Waals surface area contributed by atoms with Gasteiger partial charge in [0.05, 0.1) is 16.2 Å². The van der Waals surface area contributed by atoms with E-state index in [1.165, 1.54) is 6.07 Å². The zero-order valence-electron chi connectivity index (χ0n) is 11.3. The largest absolute Gasteiger partial charge is 0.388 e. The second-order valence-electron chi connectivity index (χ2n) is 4.97. The molecule has 1 aromatic carbocycles. The third-order valence-electron chi connectivity index (χ3n) is 3.45. The maximum Gasteiger partial charge on any atom is 0.252 e. The smallest absolute Gasteiger partial charge is 0.252 e. The fourth-order valence-electron chi connectivity index (χ4n) is 1.64. The Morgan fingerprint density at radius 1 is 1.47 bits per heavy atom. The number of carbonyl (C=O) groups excluding carboxylic acids is 1. The summed E-state index contributed by atoms with van der Waals surface area (Å²) in [5.41, 5.74) is -0.635. The van der Waals surface area contributed by atoms with E-state index < -0.39 is 5.60 Å². The van der Waals surface area contributed by atoms with E-state index in [4.69, 9.17) is 23.2 Å². The van der Waals surface area contributed by atoms with E-state index in [-0.39, 0.29) is 18.4 Å². The summed E-state index contributed by atoms with van der Waals surface area (Å²) in [6.45, 7) is 5.82. The van der Waals surface area contributed by atoms with Crippen molar-refractivity contribution in [1.82, 2.24) is 5.32 Å². The Kier molecular flexibility index (Phi) is 5.65. The molecule has 0 spiro atoms. The summed E-state index contributed by atoms with van der Waals surface area (Å²) >= 11 is 11.8. The van der Waals surface area contributed by atoms with Crippen LogP contribution in [-0.2, 0) is 0 Å². The van der Waals surface area contributed by atoms with Gasteiger partial charge in [0.1, 0.15) is 0 Å². The predicted octanol–water partition coefficient (Wildman–Crippen LogP) is 3.52. The summed E-state index contributed by atoms with van der Waals surface area (Å²) < 4.78 is 0. The van der Waals surface area contributed by atoms with Crippen molar-refractivity contribution in [3.63, 3.8) is 0 Å². The third kappa shape index (κ3) is 4.37. The fraction of sp³-hybridized carbons (Fsp3) is 0.500. The highest BCUT2D eigenvalue weighted by Gasteiger charge is 2.27. The summed E-state index contributed by atoms with van der Waals surface area (Å²) in [4.78, 5) is 12.0. The molecule has 1 aromatic rings. The highest BCUT2D eigenvalue weighted by atomic mass is 35.5. The first-order valence-electron chi connectivity index (χ1n) is 6.23. The van der Waals surface area contributed by atoms with Gasteiger partial charge < -0.3 is 10.4 Å². The summed E-state index contributed by atoms with van der Waals surface area (Å²) in [5.74, 6) is -0.251. The van der Waals surface area contributed by atoms with Gasteiger partial charge in [-0.05, 0) is 31.0 Å². The number of rotatable bonds is 5. The van der Waals surface area contributed by atoms with Crippen LogP contribution in [0.3, 0.4) is 0 Å². The zero-order valence-corrected chi connectivity index (χ0v) is 12.8. The van der Waals surface area contributed by atoms with Crippen LogP contribution in [-0.4, -0.2) is 23.2 Å². The van der Waals surface area contributed by atoms with Crippen molar-refractivity contribution in [2.45, 2.75) is 32.8 Å². The minimum Gasteiger partial charge on any atom is -0.388 e. The first kappa shape index (κ1) is 16.3. The molecule has 0 radical (unpaired) electrons. The molecule has 106 valence electrons. The molecule has 1 amide bonds. The summed E-state index contributed by atoms with van der Waals surface area (Å²) in [5, 5.41) is 13.7. The number of benzene rings is 1. The van der Waals surface area contributed by atoms with Gasteiger partial charge in [0.15, 0.2) is 0 Å². The minimum atomic E-state index is -0.949. The van der Waals surface area contributed by atoms with Gasteiger partial charge in [-0.2, -0.15) is 0 Å². The lowest BCUT2D eigenvalue weighted by Gasteiger charge is -2.29. The van der Waals surface area contributed by atoms with Crippen LogP contribution in [0.5, 0.6) is 0 Å². The van der Waals surface area contributed by atoms with E-state index in [9.17, 15) is 9.90 Å². The monoisotopic (exact) mass is 303 g/mol. The Bertz CT molecular complexity index is 461. The Morgan fingerprint density at radius 2 is 2.11 bits per heavy atom. The number of nitrogens with one attached hydrogen (secondary N) is 1. The highest BCUT2D eigenvalue weighted by molar-refractivity contribution is 6.35. The van der Waals surface area contributed by atoms with Crippen LogP contribution in [0.15, 0.2) is 18.2 Å². The van der Waals surface area contributed by atoms with Crippen molar-refractivity contribution in [2.75, 3.05) is 6.54 Å². The second kappa shape index (κ2) is 6.60. The van der Waals surface area contributed by atoms with E-state index in [0.717, 1.165) is 6.42 Å². The van der Waals surface area contributed by atoms with Gasteiger partial charge >= 0.3 is 0 Å². The Morgan fingerprint density at radius 3 is 2.68 bits per heavy atom. The molecule has 1 rings (SSSR count). The molecule has 2 atom stereocenters. The van der Waals surface area contributed by atoms with Crippen molar-refractivity contribution in [3.8, 4) is 0 Å². The molecule has 0 bridgehead atoms. The molecule has 0 aliphatic rings. The van der Waals surface area contributed by atoms with Gasteiger partial charge in [-0.1, -0.05) is 43.5 Å². The van der Waals surface area contributed by atoms with Gasteiger partial charge in [0, 0.05) is 11.6 Å². The molecular formula is C14H19Cl2NO2. The summed E-state index contributed by atoms with van der Waals surface area (Å²) in [7, 11) is 0. The maximum atomic E-state index is 12.0. The Labute approximate surface area is 123 Å². The van der Waals surface area contributed by atoms with Crippen LogP contribution in [0.25, 0.3) is 0 Å². The van der Waals surface area contributed by atoms with Crippen molar-refractivity contribution in [3.05, 3.63) is 33.8 Å². The predicted molar refractivity (Wildman–Crippen MR) is 78.9 cm³/mol. The van der Waals surface area contributed by atoms with E-state index in [1.807, 2.05) is 13.8 Å². The molecule has 2 N–H and O–H groups in total. The summed E-state index contributed by atoms with van der Waals surface area (Å²) in [6.07, 6.45) is 0.834. The van der Waals surface area contributed by atoms with Crippen LogP contribution in [0.4, 0.5) is 0 Å². The van der Waals surface area contributed by atoms with E-state index in [2.05, 4.69) is 5.32 Å². The molecule has 0 heterocycles. The van der Waals surface area contributed by atoms with Crippen LogP contribution in [0.2, 0.25) is 10.0 Å². The average molecular weight is 304 g/mol. The van der Waals surface area contributed by atoms with Crippen molar-refractivity contribution >= 4 is 29.1 Å². The number of amides is 1. The highest BCUT2D eigenvalue weighted by Crippen LogP contribution is 2.22. The number of halogens is 2. The molecule has 19 heavy (non-hydrogen) atoms. The molecule has 0 aliphatic heterocycles. The Balaban J connectivity index is 2.73. The van der Waals surface area contributed by atoms with E-state index in [0.29, 0.717) is 15.6 Å². The zero-order chi connectivity index (χ0) is 14.6. The Hall–Kier alpha value is -0.770. The number of carbonyl (C=O) groups is 1. The molecule has 3 nitrogen and oxygen atoms in total. The number of aliphatic hydroxyl groups is 1. The molecule has 0 fully saturated rings. The standard InChI is InChI=1S/C14H19Cl2NO2/c1-4-9(2)14(3,19)8-17-13(18)11-7-10(15)5-6-12(11)16/h5-7,9,19H,4,8H2,1-3H3,(H,17,18). The van der Waals surface area contributed by atoms with Gasteiger partial charge in [0.25, 0.3) is 5.91 Å². The second-order valence-corrected chi connectivity index (χ2v) is 5.82. The lowest BCUT2D eigenvalue weighted by atomic mass is 9.88. The van der Waals surface area contributed by atoms with Crippen LogP contribution < -0.4 is 5.32 Å². The topological polar surface area (TPSA) is 49.3 Å². The first-order chi connectivity index (χ1) is 8.77. The molecule has 0 aromatic heterocycles. The van der Waals surface area contributed by atoms with E-state index >= 15 is 0 Å². The van der Waals surface area contributed by atoms with Gasteiger partial charge in [-0.15, -0.1) is 0 Å². The lowest BCUT2D eigenvalue weighted by Crippen LogP contribution is -2.45. The minimum absolute atomic E-state index is 0.0858. The van der Waals surface area contributed by atoms with Crippen molar-refractivity contribution in [1.29, 1.82) is 0 Å².